The lowest BCUT2D eigenvalue weighted by Gasteiger charge is -2.09. The molecule has 0 atom stereocenters. The largest absolute Gasteiger partial charge is 0.495 e. The van der Waals surface area contributed by atoms with Gasteiger partial charge in [0.25, 0.3) is 0 Å². The Morgan fingerprint density at radius 1 is 1.22 bits per heavy atom. The minimum Gasteiger partial charge on any atom is -0.495 e. The van der Waals surface area contributed by atoms with E-state index in [2.05, 4.69) is 10.0 Å². The predicted molar refractivity (Wildman–Crippen MR) is 101 cm³/mol. The van der Waals surface area contributed by atoms with Crippen molar-refractivity contribution in [3.05, 3.63) is 65.5 Å². The van der Waals surface area contributed by atoms with Gasteiger partial charge < -0.3 is 10.1 Å². The van der Waals surface area contributed by atoms with Crippen LogP contribution in [0, 0.1) is 5.82 Å². The van der Waals surface area contributed by atoms with Crippen molar-refractivity contribution < 1.29 is 22.3 Å². The molecule has 0 saturated carbocycles. The number of hydrogen-bond donors (Lipinski definition) is 2. The number of sulfonamides is 1. The van der Waals surface area contributed by atoms with E-state index < -0.39 is 10.0 Å². The van der Waals surface area contributed by atoms with Crippen LogP contribution in [0.3, 0.4) is 0 Å². The molecule has 0 aliphatic carbocycles. The normalized spacial score (nSPS) is 11.5. The third kappa shape index (κ3) is 5.90. The molecule has 6 nitrogen and oxygen atoms in total. The number of hydrogen-bond acceptors (Lipinski definition) is 4. The van der Waals surface area contributed by atoms with Crippen LogP contribution in [0.5, 0.6) is 5.75 Å². The smallest absolute Gasteiger partial charge is 0.244 e. The molecular formula is C19H21FN2O4S. The molecule has 0 radical (unpaired) electrons. The predicted octanol–water partition coefficient (Wildman–Crippen LogP) is 2.11. The van der Waals surface area contributed by atoms with Crippen molar-refractivity contribution >= 4 is 22.0 Å². The van der Waals surface area contributed by atoms with Gasteiger partial charge in [-0.1, -0.05) is 18.2 Å². The molecule has 0 saturated heterocycles. The van der Waals surface area contributed by atoms with Crippen LogP contribution in [-0.2, 0) is 21.2 Å². The van der Waals surface area contributed by atoms with Gasteiger partial charge in [-0.05, 0) is 54.9 Å². The highest BCUT2D eigenvalue weighted by Crippen LogP contribution is 2.25. The lowest BCUT2D eigenvalue weighted by Crippen LogP contribution is -2.23. The quantitative estimate of drug-likeness (QED) is 0.674. The molecule has 2 aromatic rings. The number of nitrogens with one attached hydrogen (secondary N) is 2. The first kappa shape index (κ1) is 20.6. The van der Waals surface area contributed by atoms with E-state index in [9.17, 15) is 17.6 Å². The highest BCUT2D eigenvalue weighted by molar-refractivity contribution is 7.89. The SMILES string of the molecule is CNS(=O)(=O)c1cc(/C=C/C(=O)NCCc2cccc(F)c2)ccc1OC. The van der Waals surface area contributed by atoms with Crippen molar-refractivity contribution in [3.63, 3.8) is 0 Å². The summed E-state index contributed by atoms with van der Waals surface area (Å²) in [5.41, 5.74) is 1.32. The van der Waals surface area contributed by atoms with Crippen LogP contribution in [0.2, 0.25) is 0 Å². The van der Waals surface area contributed by atoms with Gasteiger partial charge in [-0.15, -0.1) is 0 Å². The van der Waals surface area contributed by atoms with Gasteiger partial charge in [-0.3, -0.25) is 4.79 Å². The molecule has 0 unspecified atom stereocenters. The lowest BCUT2D eigenvalue weighted by atomic mass is 10.1. The molecule has 2 N–H and O–H groups in total. The zero-order chi connectivity index (χ0) is 19.9. The highest BCUT2D eigenvalue weighted by Gasteiger charge is 2.17. The fraction of sp³-hybridized carbons (Fsp3) is 0.211. The van der Waals surface area contributed by atoms with Crippen molar-refractivity contribution in [2.75, 3.05) is 20.7 Å². The van der Waals surface area contributed by atoms with Crippen LogP contribution in [-0.4, -0.2) is 35.0 Å². The van der Waals surface area contributed by atoms with Crippen LogP contribution >= 0.6 is 0 Å². The van der Waals surface area contributed by atoms with E-state index >= 15 is 0 Å². The van der Waals surface area contributed by atoms with Gasteiger partial charge in [0.15, 0.2) is 0 Å². The second-order valence-corrected chi connectivity index (χ2v) is 7.48. The molecule has 2 aromatic carbocycles. The van der Waals surface area contributed by atoms with Crippen LogP contribution in [0.25, 0.3) is 6.08 Å². The monoisotopic (exact) mass is 392 g/mol. The van der Waals surface area contributed by atoms with Crippen molar-refractivity contribution in [2.24, 2.45) is 0 Å². The van der Waals surface area contributed by atoms with Crippen molar-refractivity contribution in [1.82, 2.24) is 10.0 Å². The third-order valence-corrected chi connectivity index (χ3v) is 5.21. The Labute approximate surface area is 158 Å². The van der Waals surface area contributed by atoms with Crippen LogP contribution < -0.4 is 14.8 Å². The molecule has 0 aliphatic heterocycles. The number of amides is 1. The average Bonchev–Trinajstić information content (AvgIpc) is 2.66. The first-order chi connectivity index (χ1) is 12.9. The maximum absolute atomic E-state index is 13.1. The fourth-order valence-corrected chi connectivity index (χ4v) is 3.30. The Balaban J connectivity index is 2.00. The van der Waals surface area contributed by atoms with Crippen molar-refractivity contribution in [1.29, 1.82) is 0 Å². The molecule has 0 aromatic heterocycles. The van der Waals surface area contributed by atoms with Gasteiger partial charge in [-0.25, -0.2) is 17.5 Å². The zero-order valence-corrected chi connectivity index (χ0v) is 15.8. The van der Waals surface area contributed by atoms with Crippen molar-refractivity contribution in [2.45, 2.75) is 11.3 Å². The van der Waals surface area contributed by atoms with Crippen molar-refractivity contribution in [3.8, 4) is 5.75 Å². The van der Waals surface area contributed by atoms with E-state index in [1.807, 2.05) is 0 Å². The molecule has 0 heterocycles. The number of carbonyl (C=O) groups excluding carboxylic acids is 1. The summed E-state index contributed by atoms with van der Waals surface area (Å²) in [4.78, 5) is 11.9. The van der Waals surface area contributed by atoms with E-state index in [0.29, 0.717) is 18.5 Å². The molecule has 8 heteroatoms. The van der Waals surface area contributed by atoms with Gasteiger partial charge in [0, 0.05) is 12.6 Å². The van der Waals surface area contributed by atoms with Crippen LogP contribution in [0.4, 0.5) is 4.39 Å². The summed E-state index contributed by atoms with van der Waals surface area (Å²) in [5.74, 6) is -0.438. The molecule has 27 heavy (non-hydrogen) atoms. The fourth-order valence-electron chi connectivity index (χ4n) is 2.37. The highest BCUT2D eigenvalue weighted by atomic mass is 32.2. The second-order valence-electron chi connectivity index (χ2n) is 5.62. The molecule has 0 fully saturated rings. The first-order valence-electron chi connectivity index (χ1n) is 8.17. The number of benzene rings is 2. The average molecular weight is 392 g/mol. The second kappa shape index (κ2) is 9.29. The molecule has 0 aliphatic rings. The Kier molecular flexibility index (Phi) is 7.09. The molecule has 2 rings (SSSR count). The first-order valence-corrected chi connectivity index (χ1v) is 9.66. The minimum absolute atomic E-state index is 0.0128. The molecule has 0 bridgehead atoms. The van der Waals surface area contributed by atoms with Gasteiger partial charge in [-0.2, -0.15) is 0 Å². The van der Waals surface area contributed by atoms with Crippen LogP contribution in [0.15, 0.2) is 53.4 Å². The Morgan fingerprint density at radius 3 is 2.67 bits per heavy atom. The van der Waals surface area contributed by atoms with Gasteiger partial charge in [0.05, 0.1) is 7.11 Å². The number of ether oxygens (including phenoxy) is 1. The number of rotatable bonds is 8. The van der Waals surface area contributed by atoms with Gasteiger partial charge in [0.1, 0.15) is 16.5 Å². The maximum atomic E-state index is 13.1. The topological polar surface area (TPSA) is 84.5 Å². The summed E-state index contributed by atoms with van der Waals surface area (Å²) in [6, 6.07) is 10.8. The molecular weight excluding hydrogens is 371 g/mol. The van der Waals surface area contributed by atoms with Crippen LogP contribution in [0.1, 0.15) is 11.1 Å². The number of methoxy groups -OCH3 is 1. The Hall–Kier alpha value is -2.71. The maximum Gasteiger partial charge on any atom is 0.244 e. The summed E-state index contributed by atoms with van der Waals surface area (Å²) in [6.07, 6.45) is 3.32. The Morgan fingerprint density at radius 2 is 2.00 bits per heavy atom. The minimum atomic E-state index is -3.69. The van der Waals surface area contributed by atoms with E-state index in [0.717, 1.165) is 5.56 Å². The molecule has 0 spiro atoms. The molecule has 144 valence electrons. The summed E-state index contributed by atoms with van der Waals surface area (Å²) in [6.45, 7) is 0.356. The summed E-state index contributed by atoms with van der Waals surface area (Å²) in [7, 11) is -1.00. The van der Waals surface area contributed by atoms with E-state index in [1.165, 1.54) is 50.6 Å². The Bertz CT molecular complexity index is 942. The van der Waals surface area contributed by atoms with E-state index in [1.54, 1.807) is 18.2 Å². The van der Waals surface area contributed by atoms with E-state index in [-0.39, 0.29) is 22.4 Å². The molecule has 1 amide bonds. The number of carbonyl (C=O) groups is 1. The number of halogens is 1. The van der Waals surface area contributed by atoms with E-state index in [4.69, 9.17) is 4.74 Å². The summed E-state index contributed by atoms with van der Waals surface area (Å²) >= 11 is 0. The lowest BCUT2D eigenvalue weighted by molar-refractivity contribution is -0.116. The third-order valence-electron chi connectivity index (χ3n) is 3.78. The van der Waals surface area contributed by atoms with Gasteiger partial charge in [0.2, 0.25) is 15.9 Å². The zero-order valence-electron chi connectivity index (χ0n) is 15.0. The standard InChI is InChI=1S/C19H21FN2O4S/c1-21-27(24,25)18-13-15(6-8-17(18)26-2)7-9-19(23)22-11-10-14-4-3-5-16(20)12-14/h3-9,12-13,21H,10-11H2,1-2H3,(H,22,23)/b9-7+. The summed E-state index contributed by atoms with van der Waals surface area (Å²) < 4.78 is 44.5. The van der Waals surface area contributed by atoms with Gasteiger partial charge >= 0.3 is 0 Å². The summed E-state index contributed by atoms with van der Waals surface area (Å²) in [5, 5.41) is 2.70.